The molecule has 0 radical (unpaired) electrons. The van der Waals surface area contributed by atoms with Gasteiger partial charge < -0.3 is 19.7 Å². The van der Waals surface area contributed by atoms with Crippen molar-refractivity contribution in [3.63, 3.8) is 0 Å². The van der Waals surface area contributed by atoms with Crippen LogP contribution in [0.25, 0.3) is 0 Å². The molecule has 1 fully saturated rings. The molecular weight excluding hydrogens is 404 g/mol. The summed E-state index contributed by atoms with van der Waals surface area (Å²) in [6.45, 7) is 8.22. The zero-order valence-corrected chi connectivity index (χ0v) is 19.8. The molecule has 2 aliphatic carbocycles. The van der Waals surface area contributed by atoms with Gasteiger partial charge in [-0.05, 0) is 44.1 Å². The third-order valence-electron chi connectivity index (χ3n) is 7.12. The van der Waals surface area contributed by atoms with Gasteiger partial charge in [0.05, 0.1) is 18.8 Å². The maximum atomic E-state index is 11.7. The molecule has 0 bridgehead atoms. The second-order valence-electron chi connectivity index (χ2n) is 9.39. The molecule has 0 aromatic carbocycles. The first-order valence-corrected chi connectivity index (χ1v) is 12.1. The van der Waals surface area contributed by atoms with Crippen molar-refractivity contribution in [1.82, 2.24) is 0 Å². The van der Waals surface area contributed by atoms with Crippen molar-refractivity contribution in [1.29, 1.82) is 0 Å². The molecule has 1 saturated carbocycles. The van der Waals surface area contributed by atoms with Crippen LogP contribution in [0.1, 0.15) is 59.8 Å². The summed E-state index contributed by atoms with van der Waals surface area (Å²) in [6, 6.07) is 0. The molecule has 5 nitrogen and oxygen atoms in total. The van der Waals surface area contributed by atoms with Crippen LogP contribution in [0.3, 0.4) is 0 Å². The van der Waals surface area contributed by atoms with Crippen molar-refractivity contribution < 1.29 is 24.5 Å². The van der Waals surface area contributed by atoms with Crippen molar-refractivity contribution in [2.24, 2.45) is 29.6 Å². The van der Waals surface area contributed by atoms with Crippen LogP contribution in [0, 0.1) is 41.4 Å². The van der Waals surface area contributed by atoms with Crippen molar-refractivity contribution in [3.8, 4) is 11.8 Å². The van der Waals surface area contributed by atoms with Crippen LogP contribution in [0.5, 0.6) is 0 Å². The first-order chi connectivity index (χ1) is 15.4. The van der Waals surface area contributed by atoms with Gasteiger partial charge in [-0.1, -0.05) is 38.2 Å². The highest BCUT2D eigenvalue weighted by Gasteiger charge is 2.51. The Morgan fingerprint density at radius 1 is 1.44 bits per heavy atom. The van der Waals surface area contributed by atoms with Gasteiger partial charge in [-0.2, -0.15) is 0 Å². The maximum Gasteiger partial charge on any atom is 0.305 e. The first-order valence-electron chi connectivity index (χ1n) is 12.1. The van der Waals surface area contributed by atoms with E-state index in [2.05, 4.69) is 30.9 Å². The smallest absolute Gasteiger partial charge is 0.305 e. The molecule has 0 spiro atoms. The van der Waals surface area contributed by atoms with E-state index in [4.69, 9.17) is 9.47 Å². The van der Waals surface area contributed by atoms with Crippen molar-refractivity contribution in [3.05, 3.63) is 35.6 Å². The monoisotopic (exact) mass is 442 g/mol. The second-order valence-corrected chi connectivity index (χ2v) is 9.39. The minimum atomic E-state index is -0.588. The number of hydrogen-bond donors (Lipinski definition) is 2. The molecule has 0 aromatic rings. The standard InChI is InChI=1S/C27H38O5/c1-5-7-9-18(4)22(28)15-14-20-23(29)16-24-26(20)21-13-12-17(3)19(27(21)32-24)10-8-11-25(30)31-6-2/h12-15,17-20,22-24,26,28-29H,6,8-11,16H2,1-4H3/b15-14+/t17?,18-,19?,20-,22+,23+,24-,26-/m0/s1. The largest absolute Gasteiger partial charge is 0.493 e. The topological polar surface area (TPSA) is 76.0 Å². The molecule has 3 rings (SSSR count). The lowest BCUT2D eigenvalue weighted by Crippen LogP contribution is -2.23. The van der Waals surface area contributed by atoms with Crippen LogP contribution in [-0.4, -0.2) is 41.1 Å². The summed E-state index contributed by atoms with van der Waals surface area (Å²) in [5.41, 5.74) is 1.18. The molecule has 2 unspecified atom stereocenters. The van der Waals surface area contributed by atoms with Gasteiger partial charge in [0.1, 0.15) is 11.9 Å². The summed E-state index contributed by atoms with van der Waals surface area (Å²) in [5, 5.41) is 21.2. The minimum absolute atomic E-state index is 0.0346. The predicted octanol–water partition coefficient (Wildman–Crippen LogP) is 4.16. The highest BCUT2D eigenvalue weighted by molar-refractivity contribution is 5.69. The van der Waals surface area contributed by atoms with Gasteiger partial charge in [0.2, 0.25) is 0 Å². The Kier molecular flexibility index (Phi) is 8.62. The first kappa shape index (κ1) is 24.6. The molecular formula is C27H38O5. The zero-order valence-electron chi connectivity index (χ0n) is 19.8. The van der Waals surface area contributed by atoms with Crippen LogP contribution in [-0.2, 0) is 14.3 Å². The lowest BCUT2D eigenvalue weighted by atomic mass is 9.77. The Bertz CT molecular complexity index is 814. The fourth-order valence-electron chi connectivity index (χ4n) is 5.23. The van der Waals surface area contributed by atoms with Crippen molar-refractivity contribution >= 4 is 5.97 Å². The summed E-state index contributed by atoms with van der Waals surface area (Å²) in [6.07, 6.45) is 10.4. The molecule has 0 aromatic heterocycles. The lowest BCUT2D eigenvalue weighted by molar-refractivity contribution is -0.143. The van der Waals surface area contributed by atoms with Crippen LogP contribution in [0.2, 0.25) is 0 Å². The van der Waals surface area contributed by atoms with E-state index in [0.717, 1.165) is 18.6 Å². The fraction of sp³-hybridized carbons (Fsp3) is 0.667. The Labute approximate surface area is 192 Å². The number of aliphatic hydroxyl groups is 2. The number of carbonyl (C=O) groups is 1. The molecule has 0 saturated heterocycles. The van der Waals surface area contributed by atoms with Crippen LogP contribution in [0.4, 0.5) is 0 Å². The van der Waals surface area contributed by atoms with Gasteiger partial charge in [0.25, 0.3) is 0 Å². The average Bonchev–Trinajstić information content (AvgIpc) is 3.26. The fourth-order valence-corrected chi connectivity index (χ4v) is 5.23. The number of ether oxygens (including phenoxy) is 2. The van der Waals surface area contributed by atoms with E-state index in [1.807, 2.05) is 26.0 Å². The van der Waals surface area contributed by atoms with E-state index < -0.39 is 12.2 Å². The number of fused-ring (bicyclic) bond motifs is 2. The van der Waals surface area contributed by atoms with Gasteiger partial charge in [0, 0.05) is 37.0 Å². The SMILES string of the molecule is CC#CC[C@H](C)[C@H](O)/C=C/[C@@H]1[C@H]2C3=C(O[C@H]2C[C@H]1O)C(CCCC(=O)OCC)C(C)C=C3. The van der Waals surface area contributed by atoms with Gasteiger partial charge >= 0.3 is 5.97 Å². The van der Waals surface area contributed by atoms with Gasteiger partial charge in [-0.3, -0.25) is 4.79 Å². The Hall–Kier alpha value is -2.03. The third-order valence-corrected chi connectivity index (χ3v) is 7.12. The Balaban J connectivity index is 1.70. The number of carbonyl (C=O) groups excluding carboxylic acids is 1. The second kappa shape index (κ2) is 11.2. The molecule has 32 heavy (non-hydrogen) atoms. The Morgan fingerprint density at radius 3 is 2.94 bits per heavy atom. The summed E-state index contributed by atoms with van der Waals surface area (Å²) in [5.74, 6) is 7.44. The van der Waals surface area contributed by atoms with Gasteiger partial charge in [-0.15, -0.1) is 11.8 Å². The molecule has 2 N–H and O–H groups in total. The van der Waals surface area contributed by atoms with E-state index >= 15 is 0 Å². The molecule has 3 aliphatic rings. The number of hydrogen-bond acceptors (Lipinski definition) is 5. The van der Waals surface area contributed by atoms with Crippen LogP contribution >= 0.6 is 0 Å². The summed E-state index contributed by atoms with van der Waals surface area (Å²) >= 11 is 0. The molecule has 176 valence electrons. The van der Waals surface area contributed by atoms with E-state index in [1.54, 1.807) is 6.92 Å². The highest BCUT2D eigenvalue weighted by Crippen LogP contribution is 2.52. The van der Waals surface area contributed by atoms with E-state index in [9.17, 15) is 15.0 Å². The van der Waals surface area contributed by atoms with E-state index in [0.29, 0.717) is 31.8 Å². The molecule has 8 atom stereocenters. The quantitative estimate of drug-likeness (QED) is 0.319. The summed E-state index contributed by atoms with van der Waals surface area (Å²) in [4.78, 5) is 11.7. The highest BCUT2D eigenvalue weighted by atomic mass is 16.5. The third kappa shape index (κ3) is 5.47. The summed E-state index contributed by atoms with van der Waals surface area (Å²) < 4.78 is 11.5. The van der Waals surface area contributed by atoms with Crippen molar-refractivity contribution in [2.75, 3.05) is 6.61 Å². The van der Waals surface area contributed by atoms with Gasteiger partial charge in [0.15, 0.2) is 0 Å². The van der Waals surface area contributed by atoms with Crippen molar-refractivity contribution in [2.45, 2.75) is 78.1 Å². The molecule has 5 heteroatoms. The van der Waals surface area contributed by atoms with Crippen LogP contribution in [0.15, 0.2) is 35.6 Å². The predicted molar refractivity (Wildman–Crippen MR) is 124 cm³/mol. The number of esters is 1. The van der Waals surface area contributed by atoms with E-state index in [1.165, 1.54) is 5.57 Å². The normalized spacial score (nSPS) is 32.7. The van der Waals surface area contributed by atoms with Gasteiger partial charge in [-0.25, -0.2) is 0 Å². The number of allylic oxidation sites excluding steroid dienone is 3. The molecule has 1 aliphatic heterocycles. The minimum Gasteiger partial charge on any atom is -0.493 e. The number of rotatable bonds is 9. The zero-order chi connectivity index (χ0) is 23.3. The average molecular weight is 443 g/mol. The summed E-state index contributed by atoms with van der Waals surface area (Å²) in [7, 11) is 0. The lowest BCUT2D eigenvalue weighted by Gasteiger charge is -2.28. The van der Waals surface area contributed by atoms with E-state index in [-0.39, 0.29) is 35.7 Å². The molecule has 1 heterocycles. The maximum absolute atomic E-state index is 11.7. The number of aliphatic hydroxyl groups excluding tert-OH is 2. The Morgan fingerprint density at radius 2 is 2.22 bits per heavy atom. The molecule has 0 amide bonds. The van der Waals surface area contributed by atoms with Crippen LogP contribution < -0.4 is 0 Å².